The highest BCUT2D eigenvalue weighted by Gasteiger charge is 2.38. The van der Waals surface area contributed by atoms with E-state index in [1.807, 2.05) is 0 Å². The van der Waals surface area contributed by atoms with Crippen molar-refractivity contribution in [3.8, 4) is 0 Å². The third kappa shape index (κ3) is 1.62. The maximum Gasteiger partial charge on any atom is 0.333 e. The second kappa shape index (κ2) is 3.77. The van der Waals surface area contributed by atoms with Crippen molar-refractivity contribution in [2.24, 2.45) is 0 Å². The van der Waals surface area contributed by atoms with Crippen molar-refractivity contribution in [1.29, 1.82) is 0 Å². The average molecular weight is 198 g/mol. The molecule has 0 bridgehead atoms. The number of hydrogen-bond acceptors (Lipinski definition) is 3. The summed E-state index contributed by atoms with van der Waals surface area (Å²) in [5.74, 6) is -0.806. The lowest BCUT2D eigenvalue weighted by atomic mass is 10.2. The SMILES string of the molecule is CCN1C(=O)CC(=O)N(C(C)C)C1=O. The van der Waals surface area contributed by atoms with E-state index >= 15 is 0 Å². The molecule has 5 heteroatoms. The van der Waals surface area contributed by atoms with Crippen LogP contribution in [0.2, 0.25) is 0 Å². The quantitative estimate of drug-likeness (QED) is 0.610. The molecule has 1 heterocycles. The van der Waals surface area contributed by atoms with Crippen LogP contribution in [-0.2, 0) is 9.59 Å². The zero-order valence-corrected chi connectivity index (χ0v) is 8.61. The lowest BCUT2D eigenvalue weighted by molar-refractivity contribution is -0.143. The van der Waals surface area contributed by atoms with E-state index in [0.29, 0.717) is 6.54 Å². The first kappa shape index (κ1) is 10.7. The zero-order valence-electron chi connectivity index (χ0n) is 8.61. The van der Waals surface area contributed by atoms with E-state index in [1.165, 1.54) is 0 Å². The number of hydrogen-bond donors (Lipinski definition) is 0. The normalized spacial score (nSPS) is 18.4. The maximum atomic E-state index is 11.6. The summed E-state index contributed by atoms with van der Waals surface area (Å²) in [5.41, 5.74) is 0. The Hall–Kier alpha value is -1.39. The fourth-order valence-electron chi connectivity index (χ4n) is 1.47. The minimum atomic E-state index is -0.497. The monoisotopic (exact) mass is 198 g/mol. The molecule has 1 rings (SSSR count). The molecule has 4 amide bonds. The number of nitrogens with zero attached hydrogens (tertiary/aromatic N) is 2. The Labute approximate surface area is 82.7 Å². The van der Waals surface area contributed by atoms with Gasteiger partial charge in [-0.3, -0.25) is 19.4 Å². The fourth-order valence-corrected chi connectivity index (χ4v) is 1.47. The summed E-state index contributed by atoms with van der Waals surface area (Å²) >= 11 is 0. The molecule has 0 unspecified atom stereocenters. The third-order valence-electron chi connectivity index (χ3n) is 2.14. The number of amides is 4. The van der Waals surface area contributed by atoms with Crippen LogP contribution in [0.5, 0.6) is 0 Å². The van der Waals surface area contributed by atoms with Crippen LogP contribution in [0.15, 0.2) is 0 Å². The van der Waals surface area contributed by atoms with Gasteiger partial charge in [-0.2, -0.15) is 0 Å². The Morgan fingerprint density at radius 1 is 1.21 bits per heavy atom. The minimum Gasteiger partial charge on any atom is -0.274 e. The molecule has 0 aromatic heterocycles. The van der Waals surface area contributed by atoms with Crippen molar-refractivity contribution in [3.05, 3.63) is 0 Å². The van der Waals surface area contributed by atoms with Gasteiger partial charge in [0.15, 0.2) is 0 Å². The number of carbonyl (C=O) groups excluding carboxylic acids is 3. The Bertz CT molecular complexity index is 286. The molecule has 1 aliphatic rings. The Balaban J connectivity index is 2.94. The van der Waals surface area contributed by atoms with E-state index < -0.39 is 17.8 Å². The second-order valence-corrected chi connectivity index (χ2v) is 3.45. The second-order valence-electron chi connectivity index (χ2n) is 3.45. The molecule has 1 fully saturated rings. The molecule has 0 radical (unpaired) electrons. The highest BCUT2D eigenvalue weighted by molar-refractivity contribution is 6.14. The van der Waals surface area contributed by atoms with Gasteiger partial charge >= 0.3 is 6.03 Å². The smallest absolute Gasteiger partial charge is 0.274 e. The van der Waals surface area contributed by atoms with Gasteiger partial charge in [0, 0.05) is 12.6 Å². The summed E-state index contributed by atoms with van der Waals surface area (Å²) in [5, 5.41) is 0. The maximum absolute atomic E-state index is 11.6. The largest absolute Gasteiger partial charge is 0.333 e. The lowest BCUT2D eigenvalue weighted by Gasteiger charge is -2.34. The summed E-state index contributed by atoms with van der Waals surface area (Å²) in [7, 11) is 0. The van der Waals surface area contributed by atoms with Gasteiger partial charge in [0.2, 0.25) is 11.8 Å². The zero-order chi connectivity index (χ0) is 10.9. The van der Waals surface area contributed by atoms with Crippen LogP contribution < -0.4 is 0 Å². The van der Waals surface area contributed by atoms with E-state index in [4.69, 9.17) is 0 Å². The van der Waals surface area contributed by atoms with Gasteiger partial charge in [-0.15, -0.1) is 0 Å². The Morgan fingerprint density at radius 2 is 1.79 bits per heavy atom. The molecule has 0 atom stereocenters. The van der Waals surface area contributed by atoms with E-state index in [9.17, 15) is 14.4 Å². The number of barbiturate groups is 1. The Morgan fingerprint density at radius 3 is 2.21 bits per heavy atom. The molecule has 78 valence electrons. The number of urea groups is 1. The van der Waals surface area contributed by atoms with Crippen molar-refractivity contribution in [2.75, 3.05) is 6.54 Å². The highest BCUT2D eigenvalue weighted by Crippen LogP contribution is 2.14. The molecule has 1 aliphatic heterocycles. The van der Waals surface area contributed by atoms with Crippen LogP contribution in [-0.4, -0.2) is 40.2 Å². The standard InChI is InChI=1S/C9H14N2O3/c1-4-10-7(12)5-8(13)11(6(2)3)9(10)14/h6H,4-5H2,1-3H3. The molecular weight excluding hydrogens is 184 g/mol. The molecule has 0 aliphatic carbocycles. The van der Waals surface area contributed by atoms with Crippen molar-refractivity contribution in [3.63, 3.8) is 0 Å². The predicted octanol–water partition coefficient (Wildman–Crippen LogP) is 0.596. The van der Waals surface area contributed by atoms with Gasteiger partial charge in [-0.25, -0.2) is 4.79 Å². The molecule has 0 aromatic carbocycles. The van der Waals surface area contributed by atoms with Crippen LogP contribution in [0, 0.1) is 0 Å². The van der Waals surface area contributed by atoms with Crippen LogP contribution >= 0.6 is 0 Å². The first-order valence-electron chi connectivity index (χ1n) is 4.65. The molecule has 0 N–H and O–H groups in total. The molecule has 0 saturated carbocycles. The fraction of sp³-hybridized carbons (Fsp3) is 0.667. The van der Waals surface area contributed by atoms with Gasteiger partial charge in [0.1, 0.15) is 6.42 Å². The van der Waals surface area contributed by atoms with Gasteiger partial charge < -0.3 is 0 Å². The van der Waals surface area contributed by atoms with Gasteiger partial charge in [-0.1, -0.05) is 0 Å². The lowest BCUT2D eigenvalue weighted by Crippen LogP contribution is -2.56. The average Bonchev–Trinajstić information content (AvgIpc) is 2.02. The Kier molecular flexibility index (Phi) is 2.88. The van der Waals surface area contributed by atoms with Crippen LogP contribution in [0.25, 0.3) is 0 Å². The van der Waals surface area contributed by atoms with Crippen molar-refractivity contribution in [2.45, 2.75) is 33.2 Å². The van der Waals surface area contributed by atoms with Crippen LogP contribution in [0.3, 0.4) is 0 Å². The van der Waals surface area contributed by atoms with E-state index in [2.05, 4.69) is 0 Å². The number of rotatable bonds is 2. The molecule has 0 aromatic rings. The highest BCUT2D eigenvalue weighted by atomic mass is 16.2. The first-order valence-corrected chi connectivity index (χ1v) is 4.65. The summed E-state index contributed by atoms with van der Waals surface area (Å²) < 4.78 is 0. The topological polar surface area (TPSA) is 57.7 Å². The van der Waals surface area contributed by atoms with Crippen LogP contribution in [0.4, 0.5) is 4.79 Å². The van der Waals surface area contributed by atoms with Crippen molar-refractivity contribution < 1.29 is 14.4 Å². The van der Waals surface area contributed by atoms with Crippen molar-refractivity contribution in [1.82, 2.24) is 9.80 Å². The molecule has 14 heavy (non-hydrogen) atoms. The number of carbonyl (C=O) groups is 3. The predicted molar refractivity (Wildman–Crippen MR) is 49.4 cm³/mol. The summed E-state index contributed by atoms with van der Waals surface area (Å²) in [6.45, 7) is 5.52. The summed E-state index contributed by atoms with van der Waals surface area (Å²) in [6.07, 6.45) is -0.197. The van der Waals surface area contributed by atoms with Gasteiger partial charge in [-0.05, 0) is 20.8 Å². The van der Waals surface area contributed by atoms with E-state index in [0.717, 1.165) is 9.80 Å². The molecular formula is C9H14N2O3. The van der Waals surface area contributed by atoms with Crippen molar-refractivity contribution >= 4 is 17.8 Å². The van der Waals surface area contributed by atoms with E-state index in [-0.39, 0.29) is 12.5 Å². The molecule has 5 nitrogen and oxygen atoms in total. The third-order valence-corrected chi connectivity index (χ3v) is 2.14. The summed E-state index contributed by atoms with van der Waals surface area (Å²) in [6, 6.07) is -0.694. The van der Waals surface area contributed by atoms with Crippen LogP contribution in [0.1, 0.15) is 27.2 Å². The number of imide groups is 2. The molecule has 1 saturated heterocycles. The first-order chi connectivity index (χ1) is 6.49. The van der Waals surface area contributed by atoms with Gasteiger partial charge in [0.05, 0.1) is 0 Å². The van der Waals surface area contributed by atoms with E-state index in [1.54, 1.807) is 20.8 Å². The molecule has 0 spiro atoms. The summed E-state index contributed by atoms with van der Waals surface area (Å²) in [4.78, 5) is 36.5. The minimum absolute atomic E-state index is 0.197. The van der Waals surface area contributed by atoms with Gasteiger partial charge in [0.25, 0.3) is 0 Å².